The summed E-state index contributed by atoms with van der Waals surface area (Å²) >= 11 is 0. The fourth-order valence-electron chi connectivity index (χ4n) is 8.62. The van der Waals surface area contributed by atoms with Gasteiger partial charge >= 0.3 is 0 Å². The molecule has 0 unspecified atom stereocenters. The van der Waals surface area contributed by atoms with Crippen LogP contribution < -0.4 is 0 Å². The summed E-state index contributed by atoms with van der Waals surface area (Å²) in [4.78, 5) is 20.2. The van der Waals surface area contributed by atoms with Crippen molar-refractivity contribution in [1.82, 2.24) is 19.9 Å². The summed E-state index contributed by atoms with van der Waals surface area (Å²) in [5, 5.41) is 0. The molecular formula is C49H38N4. The van der Waals surface area contributed by atoms with E-state index in [1.807, 2.05) is 18.3 Å². The van der Waals surface area contributed by atoms with Gasteiger partial charge in [0.2, 0.25) is 0 Å². The van der Waals surface area contributed by atoms with Crippen molar-refractivity contribution in [1.29, 1.82) is 0 Å². The van der Waals surface area contributed by atoms with Gasteiger partial charge in [-0.05, 0) is 99.5 Å². The van der Waals surface area contributed by atoms with E-state index in [4.69, 9.17) is 15.0 Å². The molecule has 53 heavy (non-hydrogen) atoms. The van der Waals surface area contributed by atoms with E-state index < -0.39 is 0 Å². The fourth-order valence-corrected chi connectivity index (χ4v) is 8.62. The number of allylic oxidation sites excluding steroid dienone is 10. The molecule has 0 N–H and O–H groups in total. The van der Waals surface area contributed by atoms with Gasteiger partial charge in [0.25, 0.3) is 0 Å². The topological polar surface area (TPSA) is 51.6 Å². The van der Waals surface area contributed by atoms with Crippen LogP contribution in [0, 0.1) is 0 Å². The predicted octanol–water partition coefficient (Wildman–Crippen LogP) is 11.8. The lowest BCUT2D eigenvalue weighted by molar-refractivity contribution is 0.654. The highest BCUT2D eigenvalue weighted by Gasteiger charge is 2.36. The number of benzene rings is 4. The van der Waals surface area contributed by atoms with Crippen LogP contribution in [0.2, 0.25) is 0 Å². The van der Waals surface area contributed by atoms with Gasteiger partial charge in [-0.3, -0.25) is 4.98 Å². The third-order valence-corrected chi connectivity index (χ3v) is 11.3. The SMILES string of the molecule is CC1(C)C2=C(C=CCC=C2)c2cc(-c3nc(C4=CCCC=C4)nc(-c4cccc5c4-c4cccc(-c6ccc(-c7ccccn7)cc6)c4C5)n3)ccc21. The van der Waals surface area contributed by atoms with E-state index in [2.05, 4.69) is 146 Å². The summed E-state index contributed by atoms with van der Waals surface area (Å²) in [6.07, 6.45) is 21.4. The molecule has 0 atom stereocenters. The van der Waals surface area contributed by atoms with Gasteiger partial charge in [0.15, 0.2) is 17.5 Å². The van der Waals surface area contributed by atoms with Gasteiger partial charge < -0.3 is 0 Å². The Labute approximate surface area is 310 Å². The molecule has 4 aromatic carbocycles. The van der Waals surface area contributed by atoms with Crippen LogP contribution in [0.4, 0.5) is 0 Å². The lowest BCUT2D eigenvalue weighted by Gasteiger charge is -2.23. The quantitative estimate of drug-likeness (QED) is 0.181. The summed E-state index contributed by atoms with van der Waals surface area (Å²) in [5.41, 5.74) is 17.9. The van der Waals surface area contributed by atoms with Crippen molar-refractivity contribution < 1.29 is 0 Å². The smallest absolute Gasteiger partial charge is 0.164 e. The molecule has 2 aromatic heterocycles. The Hall–Kier alpha value is -6.26. The molecule has 0 spiro atoms. The van der Waals surface area contributed by atoms with Crippen molar-refractivity contribution >= 4 is 11.1 Å². The van der Waals surface area contributed by atoms with Gasteiger partial charge in [0, 0.05) is 33.9 Å². The van der Waals surface area contributed by atoms with Crippen molar-refractivity contribution in [3.63, 3.8) is 0 Å². The Kier molecular flexibility index (Phi) is 7.40. The zero-order valence-corrected chi connectivity index (χ0v) is 30.0. The maximum absolute atomic E-state index is 5.30. The maximum atomic E-state index is 5.30. The zero-order chi connectivity index (χ0) is 35.5. The normalized spacial score (nSPS) is 16.2. The van der Waals surface area contributed by atoms with Gasteiger partial charge in [-0.25, -0.2) is 15.0 Å². The van der Waals surface area contributed by atoms with Gasteiger partial charge in [-0.15, -0.1) is 0 Å². The second-order valence-electron chi connectivity index (χ2n) is 14.8. The van der Waals surface area contributed by atoms with Gasteiger partial charge in [0.05, 0.1) is 5.69 Å². The highest BCUT2D eigenvalue weighted by molar-refractivity contribution is 5.93. The summed E-state index contributed by atoms with van der Waals surface area (Å²) < 4.78 is 0. The number of rotatable bonds is 5. The fraction of sp³-hybridized carbons (Fsp3) is 0.143. The molecule has 4 heteroatoms. The van der Waals surface area contributed by atoms with Crippen molar-refractivity contribution in [3.8, 4) is 56.3 Å². The number of nitrogens with zero attached hydrogens (tertiary/aromatic N) is 4. The summed E-state index contributed by atoms with van der Waals surface area (Å²) in [6.45, 7) is 4.66. The molecule has 0 amide bonds. The number of aromatic nitrogens is 4. The molecule has 2 heterocycles. The molecule has 4 nitrogen and oxygen atoms in total. The molecule has 0 saturated carbocycles. The second kappa shape index (κ2) is 12.5. The van der Waals surface area contributed by atoms with Crippen molar-refractivity contribution in [3.05, 3.63) is 179 Å². The van der Waals surface area contributed by atoms with Crippen LogP contribution in [0.5, 0.6) is 0 Å². The van der Waals surface area contributed by atoms with E-state index >= 15 is 0 Å². The molecule has 10 rings (SSSR count). The minimum Gasteiger partial charge on any atom is -0.256 e. The number of pyridine rings is 1. The molecule has 0 fully saturated rings. The molecule has 0 saturated heterocycles. The lowest BCUT2D eigenvalue weighted by atomic mass is 9.81. The van der Waals surface area contributed by atoms with E-state index in [0.717, 1.165) is 59.5 Å². The van der Waals surface area contributed by atoms with Crippen LogP contribution in [-0.2, 0) is 11.8 Å². The van der Waals surface area contributed by atoms with E-state index in [-0.39, 0.29) is 5.41 Å². The third-order valence-electron chi connectivity index (χ3n) is 11.3. The first-order chi connectivity index (χ1) is 26.0. The van der Waals surface area contributed by atoms with Crippen molar-refractivity contribution in [2.45, 2.75) is 44.9 Å². The lowest BCUT2D eigenvalue weighted by Crippen LogP contribution is -2.16. The van der Waals surface area contributed by atoms with E-state index in [1.54, 1.807) is 0 Å². The van der Waals surface area contributed by atoms with Crippen LogP contribution in [0.3, 0.4) is 0 Å². The Morgan fingerprint density at radius 3 is 2.21 bits per heavy atom. The van der Waals surface area contributed by atoms with E-state index in [1.165, 1.54) is 55.7 Å². The van der Waals surface area contributed by atoms with Crippen LogP contribution in [0.15, 0.2) is 151 Å². The van der Waals surface area contributed by atoms with E-state index in [9.17, 15) is 0 Å². The highest BCUT2D eigenvalue weighted by atomic mass is 15.0. The average Bonchev–Trinajstić information content (AvgIpc) is 3.55. The first-order valence-corrected chi connectivity index (χ1v) is 18.7. The summed E-state index contributed by atoms with van der Waals surface area (Å²) in [7, 11) is 0. The summed E-state index contributed by atoms with van der Waals surface area (Å²) in [6, 6.07) is 34.9. The van der Waals surface area contributed by atoms with Crippen LogP contribution in [0.1, 0.15) is 61.2 Å². The standard InChI is InChI=1S/C49H38N4/c1-49(2)42-20-8-4-7-16-37(42)41-30-35(26-27-43(41)49)47-51-46(33-13-5-3-6-14-33)52-48(53-47)39-19-11-15-34-29-40-36(17-12-18-38(40)45(34)39)31-22-24-32(25-23-31)44-21-9-10-28-50-44/h5,7-28,30H,3-4,6,29H2,1-2H3. The average molecular weight is 683 g/mol. The molecule has 0 aliphatic heterocycles. The molecule has 0 bridgehead atoms. The Morgan fingerprint density at radius 1 is 0.585 bits per heavy atom. The number of fused-ring (bicyclic) bond motifs is 5. The zero-order valence-electron chi connectivity index (χ0n) is 30.0. The number of hydrogen-bond acceptors (Lipinski definition) is 4. The number of hydrogen-bond donors (Lipinski definition) is 0. The molecule has 0 radical (unpaired) electrons. The monoisotopic (exact) mass is 682 g/mol. The van der Waals surface area contributed by atoms with Gasteiger partial charge in [-0.2, -0.15) is 0 Å². The Morgan fingerprint density at radius 2 is 1.36 bits per heavy atom. The predicted molar refractivity (Wildman–Crippen MR) is 217 cm³/mol. The first kappa shape index (κ1) is 31.5. The largest absolute Gasteiger partial charge is 0.256 e. The second-order valence-corrected chi connectivity index (χ2v) is 14.8. The highest BCUT2D eigenvalue weighted by Crippen LogP contribution is 2.49. The van der Waals surface area contributed by atoms with Crippen LogP contribution >= 0.6 is 0 Å². The third kappa shape index (κ3) is 5.28. The van der Waals surface area contributed by atoms with Crippen molar-refractivity contribution in [2.24, 2.45) is 0 Å². The summed E-state index contributed by atoms with van der Waals surface area (Å²) in [5.74, 6) is 2.12. The van der Waals surface area contributed by atoms with Crippen molar-refractivity contribution in [2.75, 3.05) is 0 Å². The van der Waals surface area contributed by atoms with E-state index in [0.29, 0.717) is 11.6 Å². The molecular weight excluding hydrogens is 645 g/mol. The Balaban J connectivity index is 1.10. The van der Waals surface area contributed by atoms with Crippen LogP contribution in [0.25, 0.3) is 67.4 Å². The van der Waals surface area contributed by atoms with Crippen LogP contribution in [-0.4, -0.2) is 19.9 Å². The minimum absolute atomic E-state index is 0.0700. The minimum atomic E-state index is -0.0700. The molecule has 4 aliphatic carbocycles. The first-order valence-electron chi connectivity index (χ1n) is 18.7. The molecule has 4 aliphatic rings. The maximum Gasteiger partial charge on any atom is 0.164 e. The Bertz CT molecular complexity index is 2620. The van der Waals surface area contributed by atoms with Gasteiger partial charge in [0.1, 0.15) is 0 Å². The molecule has 6 aromatic rings. The van der Waals surface area contributed by atoms with Gasteiger partial charge in [-0.1, -0.05) is 135 Å². The molecule has 254 valence electrons.